The highest BCUT2D eigenvalue weighted by molar-refractivity contribution is 7.99. The van der Waals surface area contributed by atoms with E-state index in [-0.39, 0.29) is 16.6 Å². The number of hydrogen-bond donors (Lipinski definition) is 1. The first kappa shape index (κ1) is 23.8. The zero-order chi connectivity index (χ0) is 23.3. The summed E-state index contributed by atoms with van der Waals surface area (Å²) in [5.74, 6) is 7.14. The minimum Gasteiger partial charge on any atom is -0.467 e. The normalized spacial score (nSPS) is 11.8. The Morgan fingerprint density at radius 3 is 2.59 bits per heavy atom. The van der Waals surface area contributed by atoms with Gasteiger partial charge < -0.3 is 15.2 Å². The summed E-state index contributed by atoms with van der Waals surface area (Å²) in [6, 6.07) is 9.98. The molecule has 172 valence electrons. The van der Waals surface area contributed by atoms with E-state index in [0.29, 0.717) is 41.9 Å². The second-order valence-corrected chi connectivity index (χ2v) is 9.79. The number of benzene rings is 1. The van der Waals surface area contributed by atoms with Crippen molar-refractivity contribution in [2.45, 2.75) is 30.4 Å². The lowest BCUT2D eigenvalue weighted by atomic mass is 10.2. The van der Waals surface area contributed by atoms with Gasteiger partial charge >= 0.3 is 0 Å². The number of nitrogen functional groups attached to an aromatic ring is 1. The van der Waals surface area contributed by atoms with Crippen molar-refractivity contribution in [3.8, 4) is 11.4 Å². The third kappa shape index (κ3) is 5.14. The number of carbonyl (C=O) groups excluding carboxylic acids is 1. The van der Waals surface area contributed by atoms with Crippen molar-refractivity contribution in [1.29, 1.82) is 0 Å². The molecule has 2 heterocycles. The first-order chi connectivity index (χ1) is 15.3. The summed E-state index contributed by atoms with van der Waals surface area (Å²) < 4.78 is 33.5. The van der Waals surface area contributed by atoms with Crippen LogP contribution in [-0.2, 0) is 21.4 Å². The molecule has 0 spiro atoms. The van der Waals surface area contributed by atoms with Gasteiger partial charge in [-0.1, -0.05) is 37.7 Å². The van der Waals surface area contributed by atoms with Crippen molar-refractivity contribution in [3.05, 3.63) is 48.4 Å². The Kier molecular flexibility index (Phi) is 7.59. The third-order valence-electron chi connectivity index (χ3n) is 4.82. The summed E-state index contributed by atoms with van der Waals surface area (Å²) in [5, 5.41) is 8.50. The van der Waals surface area contributed by atoms with Crippen LogP contribution in [0.15, 0.2) is 57.1 Å². The average molecular weight is 479 g/mol. The number of rotatable bonds is 10. The van der Waals surface area contributed by atoms with Crippen LogP contribution in [0.25, 0.3) is 11.4 Å². The van der Waals surface area contributed by atoms with Crippen molar-refractivity contribution in [3.63, 3.8) is 0 Å². The second kappa shape index (κ2) is 10.2. The highest BCUT2D eigenvalue weighted by Gasteiger charge is 2.23. The number of hydrogen-bond acceptors (Lipinski definition) is 8. The summed E-state index contributed by atoms with van der Waals surface area (Å²) in [5.41, 5.74) is 0.515. The van der Waals surface area contributed by atoms with Crippen LogP contribution >= 0.6 is 11.8 Å². The zero-order valence-electron chi connectivity index (χ0n) is 18.1. The Bertz CT molecular complexity index is 1160. The molecule has 10 nitrogen and oxygen atoms in total. The van der Waals surface area contributed by atoms with Crippen LogP contribution in [0.1, 0.15) is 19.6 Å². The van der Waals surface area contributed by atoms with Gasteiger partial charge in [-0.25, -0.2) is 13.1 Å². The van der Waals surface area contributed by atoms with E-state index in [1.807, 2.05) is 0 Å². The molecule has 0 saturated carbocycles. The predicted octanol–water partition coefficient (Wildman–Crippen LogP) is 2.03. The van der Waals surface area contributed by atoms with Crippen molar-refractivity contribution < 1.29 is 17.6 Å². The Hall–Kier alpha value is -2.83. The molecule has 2 N–H and O–H groups in total. The van der Waals surface area contributed by atoms with E-state index in [9.17, 15) is 13.2 Å². The fourth-order valence-corrected chi connectivity index (χ4v) is 5.34. The molecule has 0 aliphatic carbocycles. The summed E-state index contributed by atoms with van der Waals surface area (Å²) in [4.78, 5) is 14.1. The molecule has 3 rings (SSSR count). The summed E-state index contributed by atoms with van der Waals surface area (Å²) in [6.45, 7) is 4.69. The lowest BCUT2D eigenvalue weighted by Gasteiger charge is -2.18. The van der Waals surface area contributed by atoms with Crippen LogP contribution in [0.4, 0.5) is 0 Å². The van der Waals surface area contributed by atoms with Gasteiger partial charge in [0.1, 0.15) is 5.76 Å². The van der Waals surface area contributed by atoms with Gasteiger partial charge in [-0.2, -0.15) is 4.31 Å². The summed E-state index contributed by atoms with van der Waals surface area (Å²) >= 11 is 1.15. The number of furan rings is 1. The molecule has 0 saturated heterocycles. The molecule has 0 atom stereocenters. The molecule has 0 bridgehead atoms. The molecule has 0 aliphatic rings. The van der Waals surface area contributed by atoms with Gasteiger partial charge in [0.15, 0.2) is 5.82 Å². The lowest BCUT2D eigenvalue weighted by Crippen LogP contribution is -2.30. The van der Waals surface area contributed by atoms with Crippen molar-refractivity contribution in [1.82, 2.24) is 24.1 Å². The van der Waals surface area contributed by atoms with Crippen LogP contribution in [-0.4, -0.2) is 64.3 Å². The van der Waals surface area contributed by atoms with Crippen LogP contribution in [0.2, 0.25) is 0 Å². The number of aromatic nitrogens is 3. The Morgan fingerprint density at radius 1 is 1.19 bits per heavy atom. The van der Waals surface area contributed by atoms with Gasteiger partial charge in [-0.05, 0) is 24.3 Å². The Balaban J connectivity index is 1.73. The Labute approximate surface area is 191 Å². The average Bonchev–Trinajstić information content (AvgIpc) is 3.42. The molecule has 0 aliphatic heterocycles. The van der Waals surface area contributed by atoms with Gasteiger partial charge in [0.25, 0.3) is 0 Å². The Morgan fingerprint density at radius 2 is 1.94 bits per heavy atom. The van der Waals surface area contributed by atoms with E-state index >= 15 is 0 Å². The molecular weight excluding hydrogens is 452 g/mol. The molecule has 32 heavy (non-hydrogen) atoms. The third-order valence-corrected chi connectivity index (χ3v) is 7.80. The maximum Gasteiger partial charge on any atom is 0.243 e. The van der Waals surface area contributed by atoms with E-state index in [0.717, 1.165) is 11.8 Å². The standard InChI is InChI=1S/C20H26N6O4S2/c1-4-25(5-2)32(28,29)17-10-6-8-15(12-17)19-22-23-20(26(19)21)31-14-18(27)24(3)13-16-9-7-11-30-16/h6-12H,4-5,13-14,21H2,1-3H3. The van der Waals surface area contributed by atoms with Crippen molar-refractivity contribution in [2.24, 2.45) is 0 Å². The van der Waals surface area contributed by atoms with E-state index in [1.54, 1.807) is 56.3 Å². The molecule has 2 aromatic heterocycles. The van der Waals surface area contributed by atoms with E-state index < -0.39 is 10.0 Å². The number of amides is 1. The quantitative estimate of drug-likeness (QED) is 0.346. The fourth-order valence-electron chi connectivity index (χ4n) is 3.04. The van der Waals surface area contributed by atoms with Crippen LogP contribution in [0.5, 0.6) is 0 Å². The van der Waals surface area contributed by atoms with Crippen LogP contribution in [0, 0.1) is 0 Å². The largest absolute Gasteiger partial charge is 0.467 e. The molecule has 3 aromatic rings. The number of nitrogens with two attached hydrogens (primary N) is 1. The molecule has 12 heteroatoms. The van der Waals surface area contributed by atoms with Crippen molar-refractivity contribution in [2.75, 3.05) is 31.7 Å². The first-order valence-corrected chi connectivity index (χ1v) is 12.4. The smallest absolute Gasteiger partial charge is 0.243 e. The fraction of sp³-hybridized carbons (Fsp3) is 0.350. The maximum atomic E-state index is 12.8. The van der Waals surface area contributed by atoms with Gasteiger partial charge in [0.05, 0.1) is 23.5 Å². The SMILES string of the molecule is CCN(CC)S(=O)(=O)c1cccc(-c2nnc(SCC(=O)N(C)Cc3ccco3)n2N)c1. The second-order valence-electron chi connectivity index (χ2n) is 6.91. The summed E-state index contributed by atoms with van der Waals surface area (Å²) in [7, 11) is -1.93. The number of carbonyl (C=O) groups is 1. The van der Waals surface area contributed by atoms with Crippen LogP contribution < -0.4 is 5.84 Å². The highest BCUT2D eigenvalue weighted by Crippen LogP contribution is 2.25. The molecular formula is C20H26N6O4S2. The minimum atomic E-state index is -3.62. The van der Waals surface area contributed by atoms with Gasteiger partial charge in [0, 0.05) is 25.7 Å². The van der Waals surface area contributed by atoms with Crippen molar-refractivity contribution >= 4 is 27.7 Å². The molecule has 1 amide bonds. The first-order valence-electron chi connectivity index (χ1n) is 9.98. The maximum absolute atomic E-state index is 12.8. The number of nitrogens with zero attached hydrogens (tertiary/aromatic N) is 5. The van der Waals surface area contributed by atoms with E-state index in [1.165, 1.54) is 21.1 Å². The molecule has 0 fully saturated rings. The monoisotopic (exact) mass is 478 g/mol. The van der Waals surface area contributed by atoms with E-state index in [2.05, 4.69) is 10.2 Å². The number of sulfonamides is 1. The molecule has 1 aromatic carbocycles. The van der Waals surface area contributed by atoms with Crippen LogP contribution in [0.3, 0.4) is 0 Å². The van der Waals surface area contributed by atoms with Gasteiger partial charge in [-0.15, -0.1) is 10.2 Å². The van der Waals surface area contributed by atoms with Gasteiger partial charge in [0.2, 0.25) is 21.1 Å². The molecule has 0 radical (unpaired) electrons. The zero-order valence-corrected chi connectivity index (χ0v) is 19.8. The lowest BCUT2D eigenvalue weighted by molar-refractivity contribution is -0.127. The molecule has 0 unspecified atom stereocenters. The van der Waals surface area contributed by atoms with Gasteiger partial charge in [-0.3, -0.25) is 4.79 Å². The number of thioether (sulfide) groups is 1. The predicted molar refractivity (Wildman–Crippen MR) is 122 cm³/mol. The topological polar surface area (TPSA) is 128 Å². The minimum absolute atomic E-state index is 0.114. The van der Waals surface area contributed by atoms with E-state index in [4.69, 9.17) is 10.3 Å². The highest BCUT2D eigenvalue weighted by atomic mass is 32.2. The summed E-state index contributed by atoms with van der Waals surface area (Å²) in [6.07, 6.45) is 1.56.